The van der Waals surface area contributed by atoms with Crippen molar-refractivity contribution in [1.29, 1.82) is 0 Å². The number of halogens is 1. The average molecular weight is 311 g/mol. The lowest BCUT2D eigenvalue weighted by Crippen LogP contribution is -2.26. The molecule has 1 aliphatic heterocycles. The van der Waals surface area contributed by atoms with Crippen LogP contribution in [0.3, 0.4) is 0 Å². The number of aliphatic hydroxyl groups is 1. The maximum atomic E-state index is 9.77. The topological polar surface area (TPSA) is 35.5 Å². The van der Waals surface area contributed by atoms with Crippen molar-refractivity contribution in [3.05, 3.63) is 28.8 Å². The molecule has 0 amide bonds. The molecule has 1 saturated heterocycles. The minimum absolute atomic E-state index is 0.232. The van der Waals surface area contributed by atoms with Gasteiger partial charge in [-0.25, -0.2) is 0 Å². The zero-order chi connectivity index (χ0) is 15.4. The molecule has 21 heavy (non-hydrogen) atoms. The number of rotatable bonds is 6. The van der Waals surface area contributed by atoms with E-state index in [9.17, 15) is 5.11 Å². The van der Waals surface area contributed by atoms with E-state index in [-0.39, 0.29) is 6.10 Å². The van der Waals surface area contributed by atoms with Gasteiger partial charge in [0.2, 0.25) is 0 Å². The van der Waals surface area contributed by atoms with Gasteiger partial charge in [0.05, 0.1) is 6.10 Å². The van der Waals surface area contributed by atoms with E-state index in [0.717, 1.165) is 37.6 Å². The monoisotopic (exact) mass is 310 g/mol. The maximum Gasteiger partial charge on any atom is 0.0557 e. The third kappa shape index (κ3) is 4.60. The Kier molecular flexibility index (Phi) is 5.91. The fraction of sp³-hybridized carbons (Fsp3) is 0.647. The molecule has 118 valence electrons. The highest BCUT2D eigenvalue weighted by Gasteiger charge is 2.27. The Bertz CT molecular complexity index is 462. The number of hydrogen-bond acceptors (Lipinski definition) is 3. The smallest absolute Gasteiger partial charge is 0.0557 e. The van der Waals surface area contributed by atoms with Crippen molar-refractivity contribution in [3.8, 4) is 0 Å². The summed E-state index contributed by atoms with van der Waals surface area (Å²) in [4.78, 5) is 2.38. The summed E-state index contributed by atoms with van der Waals surface area (Å²) in [6, 6.07) is 6.12. The molecule has 2 atom stereocenters. The second-order valence-electron chi connectivity index (χ2n) is 6.53. The molecule has 1 aliphatic rings. The highest BCUT2D eigenvalue weighted by molar-refractivity contribution is 6.30. The van der Waals surface area contributed by atoms with Gasteiger partial charge in [0, 0.05) is 36.3 Å². The molecular weight excluding hydrogens is 284 g/mol. The second kappa shape index (κ2) is 7.48. The summed E-state index contributed by atoms with van der Waals surface area (Å²) in [6.45, 7) is 10.1. The Balaban J connectivity index is 2.08. The van der Waals surface area contributed by atoms with Crippen LogP contribution in [0.2, 0.25) is 5.02 Å². The van der Waals surface area contributed by atoms with Crippen LogP contribution < -0.4 is 10.2 Å². The molecule has 2 rings (SSSR count). The van der Waals surface area contributed by atoms with E-state index in [0.29, 0.717) is 11.8 Å². The Morgan fingerprint density at radius 2 is 2.14 bits per heavy atom. The Morgan fingerprint density at radius 1 is 1.38 bits per heavy atom. The Labute approximate surface area is 133 Å². The Morgan fingerprint density at radius 3 is 2.76 bits per heavy atom. The van der Waals surface area contributed by atoms with E-state index < -0.39 is 0 Å². The predicted molar refractivity (Wildman–Crippen MR) is 90.0 cm³/mol. The maximum absolute atomic E-state index is 9.77. The highest BCUT2D eigenvalue weighted by Crippen LogP contribution is 2.30. The fourth-order valence-electron chi connectivity index (χ4n) is 2.90. The standard InChI is InChI=1S/C17H27ClN2O/c1-12(2)9-19-10-15-8-16(18)4-5-17(15)20-7-6-14(11-20)13(3)21/h4-5,8,12-14,19,21H,6-7,9-11H2,1-3H3. The van der Waals surface area contributed by atoms with E-state index in [1.54, 1.807) is 0 Å². The van der Waals surface area contributed by atoms with Crippen LogP contribution in [0.1, 0.15) is 32.8 Å². The summed E-state index contributed by atoms with van der Waals surface area (Å²) in [6.07, 6.45) is 0.823. The second-order valence-corrected chi connectivity index (χ2v) is 6.97. The van der Waals surface area contributed by atoms with Crippen LogP contribution in [-0.4, -0.2) is 30.8 Å². The normalized spacial score (nSPS) is 20.3. The summed E-state index contributed by atoms with van der Waals surface area (Å²) in [5.74, 6) is 1.01. The molecule has 1 fully saturated rings. The van der Waals surface area contributed by atoms with Crippen molar-refractivity contribution in [2.75, 3.05) is 24.5 Å². The van der Waals surface area contributed by atoms with Crippen LogP contribution in [0.5, 0.6) is 0 Å². The van der Waals surface area contributed by atoms with Gasteiger partial charge in [-0.2, -0.15) is 0 Å². The minimum Gasteiger partial charge on any atom is -0.393 e. The number of nitrogens with one attached hydrogen (secondary N) is 1. The first kappa shape index (κ1) is 16.6. The first-order chi connectivity index (χ1) is 9.97. The Hall–Kier alpha value is -0.770. The molecule has 1 aromatic rings. The lowest BCUT2D eigenvalue weighted by Gasteiger charge is -2.23. The molecule has 0 bridgehead atoms. The molecule has 0 aromatic heterocycles. The zero-order valence-corrected chi connectivity index (χ0v) is 14.0. The summed E-state index contributed by atoms with van der Waals surface area (Å²) in [5, 5.41) is 14.0. The van der Waals surface area contributed by atoms with Crippen LogP contribution in [0.15, 0.2) is 18.2 Å². The SMILES string of the molecule is CC(C)CNCc1cc(Cl)ccc1N1CCC(C(C)O)C1. The first-order valence-corrected chi connectivity index (χ1v) is 8.27. The van der Waals surface area contributed by atoms with Gasteiger partial charge in [-0.3, -0.25) is 0 Å². The summed E-state index contributed by atoms with van der Waals surface area (Å²) in [7, 11) is 0. The molecule has 0 spiro atoms. The van der Waals surface area contributed by atoms with Crippen LogP contribution in [0, 0.1) is 11.8 Å². The highest BCUT2D eigenvalue weighted by atomic mass is 35.5. The largest absolute Gasteiger partial charge is 0.393 e. The molecule has 0 saturated carbocycles. The molecular formula is C17H27ClN2O. The van der Waals surface area contributed by atoms with Crippen molar-refractivity contribution < 1.29 is 5.11 Å². The summed E-state index contributed by atoms with van der Waals surface area (Å²) < 4.78 is 0. The van der Waals surface area contributed by atoms with Crippen molar-refractivity contribution in [3.63, 3.8) is 0 Å². The molecule has 0 radical (unpaired) electrons. The van der Waals surface area contributed by atoms with Gasteiger partial charge in [0.15, 0.2) is 0 Å². The lowest BCUT2D eigenvalue weighted by atomic mass is 10.0. The first-order valence-electron chi connectivity index (χ1n) is 7.89. The van der Waals surface area contributed by atoms with Crippen LogP contribution in [0.25, 0.3) is 0 Å². The number of anilines is 1. The third-order valence-electron chi connectivity index (χ3n) is 4.16. The van der Waals surface area contributed by atoms with Gasteiger partial charge in [-0.05, 0) is 49.6 Å². The van der Waals surface area contributed by atoms with Crippen molar-refractivity contribution >= 4 is 17.3 Å². The number of nitrogens with zero attached hydrogens (tertiary/aromatic N) is 1. The number of hydrogen-bond donors (Lipinski definition) is 2. The fourth-order valence-corrected chi connectivity index (χ4v) is 3.09. The van der Waals surface area contributed by atoms with Gasteiger partial charge in [-0.15, -0.1) is 0 Å². The molecule has 3 nitrogen and oxygen atoms in total. The molecule has 1 aromatic carbocycles. The molecule has 1 heterocycles. The molecule has 0 aliphatic carbocycles. The van der Waals surface area contributed by atoms with Gasteiger partial charge >= 0.3 is 0 Å². The van der Waals surface area contributed by atoms with Crippen LogP contribution in [0.4, 0.5) is 5.69 Å². The zero-order valence-electron chi connectivity index (χ0n) is 13.3. The van der Waals surface area contributed by atoms with E-state index in [1.165, 1.54) is 11.3 Å². The number of benzene rings is 1. The van der Waals surface area contributed by atoms with Crippen molar-refractivity contribution in [2.45, 2.75) is 39.8 Å². The van der Waals surface area contributed by atoms with Gasteiger partial charge in [-0.1, -0.05) is 25.4 Å². The molecule has 2 unspecified atom stereocenters. The van der Waals surface area contributed by atoms with Crippen LogP contribution >= 0.6 is 11.6 Å². The molecule has 4 heteroatoms. The van der Waals surface area contributed by atoms with Crippen molar-refractivity contribution in [2.24, 2.45) is 11.8 Å². The predicted octanol–water partition coefficient (Wildman–Crippen LogP) is 3.29. The van der Waals surface area contributed by atoms with Crippen molar-refractivity contribution in [1.82, 2.24) is 5.32 Å². The summed E-state index contributed by atoms with van der Waals surface area (Å²) in [5.41, 5.74) is 2.49. The van der Waals surface area contributed by atoms with Gasteiger partial charge in [0.25, 0.3) is 0 Å². The lowest BCUT2D eigenvalue weighted by molar-refractivity contribution is 0.136. The third-order valence-corrected chi connectivity index (χ3v) is 4.39. The average Bonchev–Trinajstić information content (AvgIpc) is 2.88. The van der Waals surface area contributed by atoms with Crippen LogP contribution in [-0.2, 0) is 6.54 Å². The summed E-state index contributed by atoms with van der Waals surface area (Å²) >= 11 is 6.16. The number of aliphatic hydroxyl groups excluding tert-OH is 1. The van der Waals surface area contributed by atoms with E-state index in [4.69, 9.17) is 11.6 Å². The van der Waals surface area contributed by atoms with Gasteiger partial charge < -0.3 is 15.3 Å². The van der Waals surface area contributed by atoms with E-state index in [2.05, 4.69) is 36.2 Å². The molecule has 2 N–H and O–H groups in total. The van der Waals surface area contributed by atoms with Gasteiger partial charge in [0.1, 0.15) is 0 Å². The minimum atomic E-state index is -0.232. The quantitative estimate of drug-likeness (QED) is 0.846. The van der Waals surface area contributed by atoms with E-state index >= 15 is 0 Å². The van der Waals surface area contributed by atoms with E-state index in [1.807, 2.05) is 13.0 Å².